The Bertz CT molecular complexity index is 192. The van der Waals surface area contributed by atoms with Crippen molar-refractivity contribution in [2.75, 3.05) is 5.75 Å². The van der Waals surface area contributed by atoms with Gasteiger partial charge in [-0.3, -0.25) is 4.78 Å². The summed E-state index contributed by atoms with van der Waals surface area (Å²) in [6.45, 7) is 7.90. The Morgan fingerprint density at radius 1 is 1.27 bits per heavy atom. The highest BCUT2D eigenvalue weighted by atomic mass is 32.2. The first kappa shape index (κ1) is 11.0. The summed E-state index contributed by atoms with van der Waals surface area (Å²) in [6.07, 6.45) is 0.903. The zero-order valence-corrected chi connectivity index (χ0v) is 8.70. The lowest BCUT2D eigenvalue weighted by Gasteiger charge is -2.11. The van der Waals surface area contributed by atoms with Crippen LogP contribution in [0.25, 0.3) is 0 Å². The number of nitrogens with one attached hydrogen (secondary N) is 1. The second-order valence-corrected chi connectivity index (χ2v) is 6.47. The van der Waals surface area contributed by atoms with E-state index in [1.54, 1.807) is 0 Å². The molecular formula is C8H19NOS. The van der Waals surface area contributed by atoms with Gasteiger partial charge in [-0.15, -0.1) is 0 Å². The summed E-state index contributed by atoms with van der Waals surface area (Å²) in [7, 11) is -2.29. The van der Waals surface area contributed by atoms with Crippen molar-refractivity contribution < 1.29 is 4.21 Å². The average Bonchev–Trinajstić information content (AvgIpc) is 1.84. The Morgan fingerprint density at radius 2 is 1.73 bits per heavy atom. The molecule has 0 radical (unpaired) electrons. The van der Waals surface area contributed by atoms with Crippen molar-refractivity contribution >= 4 is 9.73 Å². The lowest BCUT2D eigenvalue weighted by molar-refractivity contribution is 0.612. The highest BCUT2D eigenvalue weighted by Crippen LogP contribution is 2.08. The molecule has 0 aromatic carbocycles. The third kappa shape index (κ3) is 4.40. The molecule has 11 heavy (non-hydrogen) atoms. The second kappa shape index (κ2) is 4.10. The van der Waals surface area contributed by atoms with Crippen LogP contribution in [-0.2, 0) is 9.73 Å². The molecule has 0 heterocycles. The molecule has 0 saturated carbocycles. The molecule has 0 aromatic rings. The van der Waals surface area contributed by atoms with Gasteiger partial charge in [-0.25, -0.2) is 4.21 Å². The van der Waals surface area contributed by atoms with E-state index >= 15 is 0 Å². The first-order valence-corrected chi connectivity index (χ1v) is 5.90. The standard InChI is InChI=1S/C8H19NOS/c1-7(2)5-6-11(9,10)8(3)4/h7-9H,5-6H2,1-4H3/t11-/m1/s1. The number of rotatable bonds is 4. The van der Waals surface area contributed by atoms with Gasteiger partial charge in [-0.05, 0) is 12.3 Å². The smallest absolute Gasteiger partial charge is 0.0465 e. The highest BCUT2D eigenvalue weighted by Gasteiger charge is 2.11. The van der Waals surface area contributed by atoms with Crippen LogP contribution in [0.4, 0.5) is 0 Å². The van der Waals surface area contributed by atoms with Gasteiger partial charge < -0.3 is 0 Å². The van der Waals surface area contributed by atoms with Crippen LogP contribution in [0.5, 0.6) is 0 Å². The van der Waals surface area contributed by atoms with Crippen molar-refractivity contribution in [2.45, 2.75) is 39.4 Å². The minimum Gasteiger partial charge on any atom is -0.253 e. The maximum Gasteiger partial charge on any atom is 0.0465 e. The minimum absolute atomic E-state index is 0.00116. The van der Waals surface area contributed by atoms with E-state index in [-0.39, 0.29) is 5.25 Å². The molecule has 0 unspecified atom stereocenters. The van der Waals surface area contributed by atoms with Crippen molar-refractivity contribution in [2.24, 2.45) is 5.92 Å². The van der Waals surface area contributed by atoms with Gasteiger partial charge >= 0.3 is 0 Å². The van der Waals surface area contributed by atoms with Crippen molar-refractivity contribution in [1.29, 1.82) is 4.78 Å². The molecule has 1 atom stereocenters. The van der Waals surface area contributed by atoms with Gasteiger partial charge in [0.25, 0.3) is 0 Å². The zero-order chi connectivity index (χ0) is 9.07. The maximum atomic E-state index is 11.5. The molecule has 0 aliphatic rings. The zero-order valence-electron chi connectivity index (χ0n) is 7.89. The highest BCUT2D eigenvalue weighted by molar-refractivity contribution is 7.92. The number of hydrogen-bond acceptors (Lipinski definition) is 2. The van der Waals surface area contributed by atoms with Gasteiger partial charge in [-0.2, -0.15) is 0 Å². The topological polar surface area (TPSA) is 40.9 Å². The fraction of sp³-hybridized carbons (Fsp3) is 1.00. The second-order valence-electron chi connectivity index (χ2n) is 3.66. The molecule has 3 heteroatoms. The van der Waals surface area contributed by atoms with Gasteiger partial charge in [0.15, 0.2) is 0 Å². The summed E-state index contributed by atoms with van der Waals surface area (Å²) >= 11 is 0. The minimum atomic E-state index is -2.29. The van der Waals surface area contributed by atoms with Crippen LogP contribution in [0.15, 0.2) is 0 Å². The van der Waals surface area contributed by atoms with E-state index in [1.165, 1.54) is 0 Å². The van der Waals surface area contributed by atoms with Gasteiger partial charge in [-0.1, -0.05) is 27.7 Å². The third-order valence-corrected chi connectivity index (χ3v) is 4.13. The Balaban J connectivity index is 3.95. The lowest BCUT2D eigenvalue weighted by atomic mass is 10.2. The van der Waals surface area contributed by atoms with E-state index < -0.39 is 9.73 Å². The van der Waals surface area contributed by atoms with Crippen molar-refractivity contribution in [3.63, 3.8) is 0 Å². The Kier molecular flexibility index (Phi) is 4.08. The summed E-state index contributed by atoms with van der Waals surface area (Å²) in [5, 5.41) is 0.00116. The largest absolute Gasteiger partial charge is 0.253 e. The van der Waals surface area contributed by atoms with Crippen LogP contribution in [0.1, 0.15) is 34.1 Å². The van der Waals surface area contributed by atoms with E-state index in [1.807, 2.05) is 13.8 Å². The molecule has 0 amide bonds. The van der Waals surface area contributed by atoms with E-state index in [9.17, 15) is 4.21 Å². The molecule has 0 fully saturated rings. The molecule has 0 aliphatic heterocycles. The Hall–Kier alpha value is -0.0500. The van der Waals surface area contributed by atoms with Crippen LogP contribution in [-0.4, -0.2) is 15.2 Å². The quantitative estimate of drug-likeness (QED) is 0.704. The van der Waals surface area contributed by atoms with Crippen LogP contribution in [0.2, 0.25) is 0 Å². The molecule has 1 N–H and O–H groups in total. The Morgan fingerprint density at radius 3 is 2.00 bits per heavy atom. The fourth-order valence-electron chi connectivity index (χ4n) is 0.646. The van der Waals surface area contributed by atoms with Crippen molar-refractivity contribution in [3.05, 3.63) is 0 Å². The average molecular weight is 177 g/mol. The monoisotopic (exact) mass is 177 g/mol. The molecule has 0 saturated heterocycles. The molecule has 0 rings (SSSR count). The van der Waals surface area contributed by atoms with E-state index in [2.05, 4.69) is 13.8 Å². The molecule has 0 spiro atoms. The Labute approximate surface area is 70.4 Å². The summed E-state index contributed by atoms with van der Waals surface area (Å²) in [4.78, 5) is 0. The molecule has 0 bridgehead atoms. The van der Waals surface area contributed by atoms with Crippen molar-refractivity contribution in [1.82, 2.24) is 0 Å². The molecule has 0 aromatic heterocycles. The molecule has 0 aliphatic carbocycles. The molecule has 2 nitrogen and oxygen atoms in total. The number of hydrogen-bond donors (Lipinski definition) is 1. The predicted molar refractivity (Wildman–Crippen MR) is 50.3 cm³/mol. The SMILES string of the molecule is CC(C)CC[S@@](=N)(=O)C(C)C. The first-order chi connectivity index (χ1) is 4.86. The third-order valence-electron chi connectivity index (χ3n) is 1.76. The fourth-order valence-corrected chi connectivity index (χ4v) is 1.94. The summed E-state index contributed by atoms with van der Waals surface area (Å²) in [5.41, 5.74) is 0. The lowest BCUT2D eigenvalue weighted by Crippen LogP contribution is -2.17. The van der Waals surface area contributed by atoms with E-state index in [0.717, 1.165) is 6.42 Å². The van der Waals surface area contributed by atoms with Gasteiger partial charge in [0.05, 0.1) is 0 Å². The van der Waals surface area contributed by atoms with Crippen LogP contribution < -0.4 is 0 Å². The van der Waals surface area contributed by atoms with Gasteiger partial charge in [0.2, 0.25) is 0 Å². The van der Waals surface area contributed by atoms with Gasteiger partial charge in [0, 0.05) is 20.7 Å². The first-order valence-electron chi connectivity index (χ1n) is 4.11. The summed E-state index contributed by atoms with van der Waals surface area (Å²) < 4.78 is 19.0. The van der Waals surface area contributed by atoms with Crippen LogP contribution >= 0.6 is 0 Å². The van der Waals surface area contributed by atoms with E-state index in [0.29, 0.717) is 11.7 Å². The maximum absolute atomic E-state index is 11.5. The van der Waals surface area contributed by atoms with Crippen molar-refractivity contribution in [3.8, 4) is 0 Å². The molecular weight excluding hydrogens is 158 g/mol. The van der Waals surface area contributed by atoms with E-state index in [4.69, 9.17) is 4.78 Å². The predicted octanol–water partition coefficient (Wildman–Crippen LogP) is 2.49. The van der Waals surface area contributed by atoms with Crippen LogP contribution in [0, 0.1) is 10.7 Å². The summed E-state index contributed by atoms with van der Waals surface area (Å²) in [5.74, 6) is 1.11. The van der Waals surface area contributed by atoms with Gasteiger partial charge in [0.1, 0.15) is 0 Å². The summed E-state index contributed by atoms with van der Waals surface area (Å²) in [6, 6.07) is 0. The normalized spacial score (nSPS) is 17.3. The van der Waals surface area contributed by atoms with Crippen LogP contribution in [0.3, 0.4) is 0 Å². The molecule has 68 valence electrons.